The number of aromatic hydroxyl groups is 1. The van der Waals surface area contributed by atoms with E-state index in [1.54, 1.807) is 9.13 Å². The van der Waals surface area contributed by atoms with Crippen LogP contribution in [-0.2, 0) is 6.42 Å². The van der Waals surface area contributed by atoms with E-state index in [0.29, 0.717) is 17.8 Å². The molecule has 4 aromatic carbocycles. The summed E-state index contributed by atoms with van der Waals surface area (Å²) in [5.74, 6) is 0.536. The zero-order valence-corrected chi connectivity index (χ0v) is 18.0. The second-order valence-electron chi connectivity index (χ2n) is 7.80. The first kappa shape index (κ1) is 20.5. The van der Waals surface area contributed by atoms with Crippen LogP contribution in [-0.4, -0.2) is 9.67 Å². The number of hydrogen-bond donors (Lipinski definition) is 1. The third-order valence-electron chi connectivity index (χ3n) is 5.65. The van der Waals surface area contributed by atoms with Gasteiger partial charge in [0.1, 0.15) is 16.9 Å². The first-order chi connectivity index (χ1) is 16.2. The molecular weight excluding hydrogens is 408 g/mol. The van der Waals surface area contributed by atoms with Crippen molar-refractivity contribution in [2.24, 2.45) is 0 Å². The van der Waals surface area contributed by atoms with Gasteiger partial charge in [0.2, 0.25) is 0 Å². The van der Waals surface area contributed by atoms with E-state index in [9.17, 15) is 9.90 Å². The Kier molecular flexibility index (Phi) is 5.56. The highest BCUT2D eigenvalue weighted by Gasteiger charge is 2.31. The summed E-state index contributed by atoms with van der Waals surface area (Å²) in [6.07, 6.45) is 0.320. The zero-order chi connectivity index (χ0) is 22.6. The summed E-state index contributed by atoms with van der Waals surface area (Å²) < 4.78 is 3.46. The summed E-state index contributed by atoms with van der Waals surface area (Å²) in [5, 5.41) is 11.5. The molecule has 33 heavy (non-hydrogen) atoms. The van der Waals surface area contributed by atoms with Crippen LogP contribution in [0.25, 0.3) is 22.8 Å². The summed E-state index contributed by atoms with van der Waals surface area (Å²) in [6, 6.07) is 38.6. The third-order valence-corrected chi connectivity index (χ3v) is 5.65. The average Bonchev–Trinajstić information content (AvgIpc) is 2.88. The largest absolute Gasteiger partial charge is 0.477 e. The molecule has 4 heteroatoms. The van der Waals surface area contributed by atoms with Crippen LogP contribution >= 0.6 is 0 Å². The van der Waals surface area contributed by atoms with Crippen LogP contribution < -0.4 is 10.1 Å². The van der Waals surface area contributed by atoms with Crippen molar-refractivity contribution in [1.29, 1.82) is 0 Å². The van der Waals surface area contributed by atoms with Gasteiger partial charge >= 0.3 is 11.4 Å². The van der Waals surface area contributed by atoms with E-state index in [4.69, 9.17) is 0 Å². The van der Waals surface area contributed by atoms with Crippen LogP contribution in [0, 0.1) is 0 Å². The minimum Gasteiger partial charge on any atom is -0.477 e. The molecule has 1 N–H and O–H groups in total. The van der Waals surface area contributed by atoms with Crippen molar-refractivity contribution in [2.45, 2.75) is 6.42 Å². The molecule has 1 aromatic heterocycles. The van der Waals surface area contributed by atoms with Gasteiger partial charge in [0.25, 0.3) is 5.88 Å². The lowest BCUT2D eigenvalue weighted by molar-refractivity contribution is -0.597. The van der Waals surface area contributed by atoms with Gasteiger partial charge in [0.15, 0.2) is 0 Å². The van der Waals surface area contributed by atoms with Crippen molar-refractivity contribution in [3.05, 3.63) is 143 Å². The SMILES string of the molecule is O=c1c(Cc2ccccc2)c(O)[n+](-c2ccccc2)c(-c2ccccc2)n1-c1ccccc1. The summed E-state index contributed by atoms with van der Waals surface area (Å²) in [7, 11) is 0. The standard InChI is InChI=1S/C29H22N2O2/c32-28-26(21-22-13-5-1-6-14-22)29(33)31(25-19-11-4-12-20-25)27(23-15-7-2-8-16-23)30(28)24-17-9-3-10-18-24/h1-20H,21H2/p+1. The number of para-hydroxylation sites is 2. The number of rotatable bonds is 5. The minimum atomic E-state index is -0.242. The van der Waals surface area contributed by atoms with Crippen LogP contribution in [0.2, 0.25) is 0 Å². The molecule has 0 amide bonds. The monoisotopic (exact) mass is 431 g/mol. The van der Waals surface area contributed by atoms with Crippen LogP contribution in [0.4, 0.5) is 0 Å². The van der Waals surface area contributed by atoms with Crippen molar-refractivity contribution in [3.63, 3.8) is 0 Å². The molecule has 1 heterocycles. The molecule has 0 aliphatic heterocycles. The van der Waals surface area contributed by atoms with Crippen LogP contribution in [0.1, 0.15) is 11.1 Å². The number of nitrogens with zero attached hydrogens (tertiary/aromatic N) is 2. The van der Waals surface area contributed by atoms with Gasteiger partial charge in [-0.05, 0) is 42.0 Å². The molecule has 0 saturated carbocycles. The molecule has 5 rings (SSSR count). The Morgan fingerprint density at radius 1 is 0.667 bits per heavy atom. The number of benzene rings is 4. The molecule has 0 aliphatic carbocycles. The van der Waals surface area contributed by atoms with Gasteiger partial charge in [-0.3, -0.25) is 0 Å². The Morgan fingerprint density at radius 2 is 1.18 bits per heavy atom. The lowest BCUT2D eigenvalue weighted by Gasteiger charge is -2.15. The molecule has 0 unspecified atom stereocenters. The lowest BCUT2D eigenvalue weighted by Crippen LogP contribution is -2.43. The lowest BCUT2D eigenvalue weighted by atomic mass is 10.1. The fraction of sp³-hybridized carbons (Fsp3) is 0.0345. The van der Waals surface area contributed by atoms with E-state index in [1.165, 1.54) is 0 Å². The molecule has 160 valence electrons. The Hall–Kier alpha value is -4.44. The number of aromatic nitrogens is 2. The zero-order valence-electron chi connectivity index (χ0n) is 18.0. The van der Waals surface area contributed by atoms with Gasteiger partial charge in [-0.1, -0.05) is 84.9 Å². The van der Waals surface area contributed by atoms with Gasteiger partial charge in [0, 0.05) is 6.42 Å². The first-order valence-corrected chi connectivity index (χ1v) is 10.9. The molecular formula is C29H23N2O2+. The fourth-order valence-corrected chi connectivity index (χ4v) is 4.10. The Labute approximate surface area is 192 Å². The Balaban J connectivity index is 1.91. The highest BCUT2D eigenvalue weighted by atomic mass is 16.3. The molecule has 0 bridgehead atoms. The molecule has 0 radical (unpaired) electrons. The van der Waals surface area contributed by atoms with Crippen LogP contribution in [0.3, 0.4) is 0 Å². The van der Waals surface area contributed by atoms with E-state index in [1.807, 2.05) is 121 Å². The quantitative estimate of drug-likeness (QED) is 0.395. The summed E-state index contributed by atoms with van der Waals surface area (Å²) in [5.41, 5.74) is 3.39. The summed E-state index contributed by atoms with van der Waals surface area (Å²) in [4.78, 5) is 14.0. The highest BCUT2D eigenvalue weighted by molar-refractivity contribution is 5.57. The molecule has 0 fully saturated rings. The first-order valence-electron chi connectivity index (χ1n) is 10.9. The second-order valence-corrected chi connectivity index (χ2v) is 7.80. The molecule has 4 nitrogen and oxygen atoms in total. The molecule has 0 aliphatic rings. The molecule has 5 aromatic rings. The van der Waals surface area contributed by atoms with E-state index in [2.05, 4.69) is 0 Å². The van der Waals surface area contributed by atoms with E-state index in [-0.39, 0.29) is 11.4 Å². The highest BCUT2D eigenvalue weighted by Crippen LogP contribution is 2.25. The van der Waals surface area contributed by atoms with Crippen molar-refractivity contribution in [3.8, 4) is 28.6 Å². The maximum absolute atomic E-state index is 14.0. The van der Waals surface area contributed by atoms with Gasteiger partial charge in [-0.2, -0.15) is 9.13 Å². The predicted octanol–water partition coefficient (Wildman–Crippen LogP) is 5.08. The summed E-state index contributed by atoms with van der Waals surface area (Å²) in [6.45, 7) is 0. The molecule has 0 spiro atoms. The maximum Gasteiger partial charge on any atom is 0.350 e. The van der Waals surface area contributed by atoms with Crippen molar-refractivity contribution in [1.82, 2.24) is 4.57 Å². The van der Waals surface area contributed by atoms with Gasteiger partial charge in [0.05, 0.1) is 5.56 Å². The Morgan fingerprint density at radius 3 is 1.79 bits per heavy atom. The third kappa shape index (κ3) is 3.94. The van der Waals surface area contributed by atoms with Crippen LogP contribution in [0.5, 0.6) is 5.88 Å². The maximum atomic E-state index is 14.0. The normalized spacial score (nSPS) is 10.8. The minimum absolute atomic E-state index is 0.0545. The number of hydrogen-bond acceptors (Lipinski definition) is 2. The van der Waals surface area contributed by atoms with Crippen molar-refractivity contribution in [2.75, 3.05) is 0 Å². The van der Waals surface area contributed by atoms with E-state index < -0.39 is 0 Å². The summed E-state index contributed by atoms with van der Waals surface area (Å²) >= 11 is 0. The van der Waals surface area contributed by atoms with Crippen LogP contribution in [0.15, 0.2) is 126 Å². The predicted molar refractivity (Wildman–Crippen MR) is 130 cm³/mol. The Bertz CT molecular complexity index is 1430. The van der Waals surface area contributed by atoms with Gasteiger partial charge in [-0.25, -0.2) is 4.79 Å². The topological polar surface area (TPSA) is 46.1 Å². The smallest absolute Gasteiger partial charge is 0.350 e. The van der Waals surface area contributed by atoms with Crippen molar-refractivity contribution < 1.29 is 9.67 Å². The van der Waals surface area contributed by atoms with Crippen molar-refractivity contribution >= 4 is 0 Å². The van der Waals surface area contributed by atoms with E-state index >= 15 is 0 Å². The second kappa shape index (κ2) is 8.97. The van der Waals surface area contributed by atoms with E-state index in [0.717, 1.165) is 22.5 Å². The fourth-order valence-electron chi connectivity index (χ4n) is 4.10. The van der Waals surface area contributed by atoms with Gasteiger partial charge in [-0.15, -0.1) is 0 Å². The molecule has 0 atom stereocenters. The van der Waals surface area contributed by atoms with Gasteiger partial charge < -0.3 is 5.11 Å². The average molecular weight is 432 g/mol. The molecule has 0 saturated heterocycles.